The van der Waals surface area contributed by atoms with Crippen molar-refractivity contribution in [1.29, 1.82) is 0 Å². The monoisotopic (exact) mass is 293 g/mol. The van der Waals surface area contributed by atoms with Gasteiger partial charge in [-0.25, -0.2) is 0 Å². The first-order valence-electron chi connectivity index (χ1n) is 7.74. The molecule has 1 heterocycles. The van der Waals surface area contributed by atoms with E-state index in [4.69, 9.17) is 0 Å². The lowest BCUT2D eigenvalue weighted by atomic mass is 10.1. The maximum Gasteiger partial charge on any atom is 0.401 e. The largest absolute Gasteiger partial charge is 0.401 e. The van der Waals surface area contributed by atoms with Crippen molar-refractivity contribution in [3.63, 3.8) is 0 Å². The zero-order chi connectivity index (χ0) is 14.6. The van der Waals surface area contributed by atoms with Gasteiger partial charge in [-0.15, -0.1) is 0 Å². The number of halogens is 3. The summed E-state index contributed by atoms with van der Waals surface area (Å²) in [7, 11) is 0. The first-order chi connectivity index (χ1) is 9.48. The van der Waals surface area contributed by atoms with Gasteiger partial charge in [0.2, 0.25) is 0 Å². The summed E-state index contributed by atoms with van der Waals surface area (Å²) in [5, 5.41) is 3.55. The Morgan fingerprint density at radius 1 is 1.15 bits per heavy atom. The molecule has 0 aromatic heterocycles. The predicted octanol–water partition coefficient (Wildman–Crippen LogP) is 2.09. The summed E-state index contributed by atoms with van der Waals surface area (Å²) in [5.74, 6) is 0. The fourth-order valence-electron chi connectivity index (χ4n) is 2.88. The molecule has 1 aliphatic carbocycles. The number of piperazine rings is 1. The van der Waals surface area contributed by atoms with Crippen LogP contribution in [0.2, 0.25) is 0 Å². The lowest BCUT2D eigenvalue weighted by Crippen LogP contribution is -2.54. The Balaban J connectivity index is 1.73. The summed E-state index contributed by atoms with van der Waals surface area (Å²) in [5.41, 5.74) is 0. The van der Waals surface area contributed by atoms with Crippen LogP contribution in [0.3, 0.4) is 0 Å². The topological polar surface area (TPSA) is 18.5 Å². The highest BCUT2D eigenvalue weighted by Crippen LogP contribution is 2.21. The van der Waals surface area contributed by atoms with Crippen LogP contribution in [-0.2, 0) is 0 Å². The maximum absolute atomic E-state index is 12.4. The second-order valence-corrected chi connectivity index (χ2v) is 6.05. The van der Waals surface area contributed by atoms with Crippen molar-refractivity contribution >= 4 is 0 Å². The zero-order valence-electron chi connectivity index (χ0n) is 12.3. The highest BCUT2D eigenvalue weighted by atomic mass is 19.4. The molecule has 1 aliphatic heterocycles. The molecule has 2 aliphatic rings. The Kier molecular flexibility index (Phi) is 5.69. The standard InChI is InChI=1S/C14H26F3N3/c1-2-3-13(10-18-12-4-5-12)20-8-6-19(7-9-20)11-14(15,16)17/h12-13,18H,2-11H2,1H3. The van der Waals surface area contributed by atoms with Gasteiger partial charge >= 0.3 is 6.18 Å². The first-order valence-corrected chi connectivity index (χ1v) is 7.74. The smallest absolute Gasteiger partial charge is 0.312 e. The number of hydrogen-bond donors (Lipinski definition) is 1. The zero-order valence-corrected chi connectivity index (χ0v) is 12.3. The molecular formula is C14H26F3N3. The molecule has 0 radical (unpaired) electrons. The van der Waals surface area contributed by atoms with Gasteiger partial charge < -0.3 is 5.32 Å². The van der Waals surface area contributed by atoms with E-state index in [2.05, 4.69) is 17.1 Å². The Morgan fingerprint density at radius 3 is 2.30 bits per heavy atom. The van der Waals surface area contributed by atoms with Crippen molar-refractivity contribution < 1.29 is 13.2 Å². The molecule has 0 aromatic carbocycles. The molecule has 0 amide bonds. The summed E-state index contributed by atoms with van der Waals surface area (Å²) in [4.78, 5) is 3.89. The van der Waals surface area contributed by atoms with E-state index in [9.17, 15) is 13.2 Å². The summed E-state index contributed by atoms with van der Waals surface area (Å²) in [6.07, 6.45) is 0.730. The van der Waals surface area contributed by atoms with E-state index in [-0.39, 0.29) is 0 Å². The number of hydrogen-bond acceptors (Lipinski definition) is 3. The molecule has 0 bridgehead atoms. The molecule has 1 atom stereocenters. The minimum absolute atomic E-state index is 0.480. The van der Waals surface area contributed by atoms with Crippen LogP contribution in [0, 0.1) is 0 Å². The van der Waals surface area contributed by atoms with Gasteiger partial charge in [0.1, 0.15) is 0 Å². The molecule has 20 heavy (non-hydrogen) atoms. The second kappa shape index (κ2) is 7.09. The fourth-order valence-corrected chi connectivity index (χ4v) is 2.88. The van der Waals surface area contributed by atoms with Crippen molar-refractivity contribution in [2.24, 2.45) is 0 Å². The van der Waals surface area contributed by atoms with Crippen LogP contribution >= 0.6 is 0 Å². The Hall–Kier alpha value is -0.330. The third-order valence-electron chi connectivity index (χ3n) is 4.17. The summed E-state index contributed by atoms with van der Waals surface area (Å²) < 4.78 is 37.1. The van der Waals surface area contributed by atoms with Gasteiger partial charge in [-0.2, -0.15) is 13.2 Å². The number of nitrogens with one attached hydrogen (secondary N) is 1. The number of rotatable bonds is 7. The van der Waals surface area contributed by atoms with E-state index in [0.29, 0.717) is 25.2 Å². The van der Waals surface area contributed by atoms with Gasteiger partial charge in [0.15, 0.2) is 0 Å². The van der Waals surface area contributed by atoms with E-state index in [1.165, 1.54) is 17.7 Å². The lowest BCUT2D eigenvalue weighted by molar-refractivity contribution is -0.149. The average molecular weight is 293 g/mol. The van der Waals surface area contributed by atoms with Gasteiger partial charge in [-0.1, -0.05) is 13.3 Å². The molecule has 3 nitrogen and oxygen atoms in total. The highest BCUT2D eigenvalue weighted by Gasteiger charge is 2.33. The molecule has 1 N–H and O–H groups in total. The van der Waals surface area contributed by atoms with Crippen LogP contribution in [0.25, 0.3) is 0 Å². The second-order valence-electron chi connectivity index (χ2n) is 6.05. The maximum atomic E-state index is 12.4. The van der Waals surface area contributed by atoms with E-state index in [0.717, 1.165) is 32.5 Å². The van der Waals surface area contributed by atoms with Gasteiger partial charge in [-0.05, 0) is 19.3 Å². The van der Waals surface area contributed by atoms with Gasteiger partial charge in [0.25, 0.3) is 0 Å². The number of nitrogens with zero attached hydrogens (tertiary/aromatic N) is 2. The average Bonchev–Trinajstić information content (AvgIpc) is 3.18. The lowest BCUT2D eigenvalue weighted by Gasteiger charge is -2.39. The molecule has 1 unspecified atom stereocenters. The van der Waals surface area contributed by atoms with Crippen molar-refractivity contribution in [2.75, 3.05) is 39.3 Å². The summed E-state index contributed by atoms with van der Waals surface area (Å²) in [6, 6.07) is 1.18. The third-order valence-corrected chi connectivity index (χ3v) is 4.17. The Morgan fingerprint density at radius 2 is 1.80 bits per heavy atom. The van der Waals surface area contributed by atoms with Crippen LogP contribution in [0.4, 0.5) is 13.2 Å². The van der Waals surface area contributed by atoms with Crippen LogP contribution in [-0.4, -0.2) is 67.3 Å². The molecule has 0 aromatic rings. The van der Waals surface area contributed by atoms with Crippen molar-refractivity contribution in [3.05, 3.63) is 0 Å². The van der Waals surface area contributed by atoms with E-state index in [1.54, 1.807) is 0 Å². The molecular weight excluding hydrogens is 267 g/mol. The van der Waals surface area contributed by atoms with E-state index < -0.39 is 12.7 Å². The first kappa shape index (κ1) is 16.0. The minimum Gasteiger partial charge on any atom is -0.312 e. The van der Waals surface area contributed by atoms with Crippen LogP contribution < -0.4 is 5.32 Å². The van der Waals surface area contributed by atoms with Gasteiger partial charge in [-0.3, -0.25) is 9.80 Å². The third kappa shape index (κ3) is 5.58. The Labute approximate surface area is 119 Å². The quantitative estimate of drug-likeness (QED) is 0.775. The molecule has 1 saturated heterocycles. The van der Waals surface area contributed by atoms with Gasteiger partial charge in [0.05, 0.1) is 6.54 Å². The SMILES string of the molecule is CCCC(CNC1CC1)N1CCN(CC(F)(F)F)CC1. The van der Waals surface area contributed by atoms with Crippen LogP contribution in [0.1, 0.15) is 32.6 Å². The van der Waals surface area contributed by atoms with Crippen molar-refractivity contribution in [1.82, 2.24) is 15.1 Å². The predicted molar refractivity (Wildman–Crippen MR) is 73.8 cm³/mol. The Bertz CT molecular complexity index is 284. The molecule has 1 saturated carbocycles. The van der Waals surface area contributed by atoms with Gasteiger partial charge in [0, 0.05) is 44.8 Å². The summed E-state index contributed by atoms with van der Waals surface area (Å²) >= 11 is 0. The molecule has 6 heteroatoms. The molecule has 118 valence electrons. The van der Waals surface area contributed by atoms with Crippen molar-refractivity contribution in [2.45, 2.75) is 50.9 Å². The van der Waals surface area contributed by atoms with Crippen LogP contribution in [0.15, 0.2) is 0 Å². The summed E-state index contributed by atoms with van der Waals surface area (Å²) in [6.45, 7) is 4.97. The van der Waals surface area contributed by atoms with Crippen LogP contribution in [0.5, 0.6) is 0 Å². The minimum atomic E-state index is -4.07. The van der Waals surface area contributed by atoms with Crippen molar-refractivity contribution in [3.8, 4) is 0 Å². The molecule has 2 rings (SSSR count). The fraction of sp³-hybridized carbons (Fsp3) is 1.00. The molecule has 2 fully saturated rings. The highest BCUT2D eigenvalue weighted by molar-refractivity contribution is 4.86. The number of alkyl halides is 3. The van der Waals surface area contributed by atoms with E-state index >= 15 is 0 Å². The van der Waals surface area contributed by atoms with E-state index in [1.807, 2.05) is 0 Å². The normalized spacial score (nSPS) is 24.0. The molecule has 0 spiro atoms.